The van der Waals surface area contributed by atoms with Crippen molar-refractivity contribution in [3.05, 3.63) is 24.0 Å². The molecule has 0 saturated carbocycles. The summed E-state index contributed by atoms with van der Waals surface area (Å²) in [4.78, 5) is 14.5. The van der Waals surface area contributed by atoms with Crippen molar-refractivity contribution in [2.75, 3.05) is 19.7 Å². The van der Waals surface area contributed by atoms with Gasteiger partial charge in [-0.15, -0.1) is 0 Å². The second-order valence-electron chi connectivity index (χ2n) is 5.06. The zero-order valence-electron chi connectivity index (χ0n) is 11.0. The monoisotopic (exact) mass is 250 g/mol. The predicted molar refractivity (Wildman–Crippen MR) is 70.7 cm³/mol. The molecule has 0 spiro atoms. The van der Waals surface area contributed by atoms with Gasteiger partial charge >= 0.3 is 0 Å². The minimum absolute atomic E-state index is 0.193. The van der Waals surface area contributed by atoms with Crippen LogP contribution in [0, 0.1) is 0 Å². The first-order chi connectivity index (χ1) is 8.72. The molecule has 1 N–H and O–H groups in total. The van der Waals surface area contributed by atoms with E-state index < -0.39 is 0 Å². The molecule has 1 aromatic heterocycles. The van der Waals surface area contributed by atoms with Crippen LogP contribution in [0.1, 0.15) is 36.2 Å². The molecule has 1 unspecified atom stereocenters. The molecule has 1 aliphatic rings. The molecular formula is C14H22N2O2. The number of ketones is 1. The smallest absolute Gasteiger partial charge is 0.193 e. The van der Waals surface area contributed by atoms with E-state index in [0.29, 0.717) is 12.6 Å². The number of aliphatic hydroxyl groups excluding tert-OH is 1. The van der Waals surface area contributed by atoms with E-state index in [9.17, 15) is 4.79 Å². The maximum Gasteiger partial charge on any atom is 0.193 e. The van der Waals surface area contributed by atoms with Crippen LogP contribution < -0.4 is 0 Å². The largest absolute Gasteiger partial charge is 0.396 e. The molecule has 4 nitrogen and oxygen atoms in total. The van der Waals surface area contributed by atoms with E-state index in [1.165, 1.54) is 0 Å². The molecule has 0 bridgehead atoms. The number of rotatable bonds is 6. The molecule has 0 aromatic carbocycles. The van der Waals surface area contributed by atoms with Crippen LogP contribution in [0.2, 0.25) is 0 Å². The number of Topliss-reactive ketones (excluding diaryl/α,β-unsaturated/α-hetero) is 1. The highest BCUT2D eigenvalue weighted by atomic mass is 16.2. The molecule has 1 saturated heterocycles. The van der Waals surface area contributed by atoms with Crippen LogP contribution >= 0.6 is 0 Å². The van der Waals surface area contributed by atoms with E-state index >= 15 is 0 Å². The number of aliphatic hydroxyl groups is 1. The minimum Gasteiger partial charge on any atom is -0.396 e. The van der Waals surface area contributed by atoms with Gasteiger partial charge < -0.3 is 9.67 Å². The van der Waals surface area contributed by atoms with Gasteiger partial charge in [-0.05, 0) is 44.4 Å². The van der Waals surface area contributed by atoms with Crippen LogP contribution in [0.15, 0.2) is 18.3 Å². The van der Waals surface area contributed by atoms with Gasteiger partial charge in [0.15, 0.2) is 5.78 Å². The molecule has 1 aliphatic heterocycles. The Morgan fingerprint density at radius 1 is 1.56 bits per heavy atom. The second kappa shape index (κ2) is 6.16. The number of nitrogens with zero attached hydrogens (tertiary/aromatic N) is 2. The van der Waals surface area contributed by atoms with Crippen LogP contribution in [0.5, 0.6) is 0 Å². The predicted octanol–water partition coefficient (Wildman–Crippen LogP) is 1.44. The molecule has 0 amide bonds. The van der Waals surface area contributed by atoms with Crippen LogP contribution in [-0.2, 0) is 7.05 Å². The Bertz CT molecular complexity index is 400. The van der Waals surface area contributed by atoms with E-state index in [-0.39, 0.29) is 12.4 Å². The fourth-order valence-corrected chi connectivity index (χ4v) is 2.77. The van der Waals surface area contributed by atoms with Crippen molar-refractivity contribution in [1.82, 2.24) is 9.47 Å². The number of hydrogen-bond donors (Lipinski definition) is 1. The first-order valence-corrected chi connectivity index (χ1v) is 6.72. The molecule has 0 aliphatic carbocycles. The molecule has 18 heavy (non-hydrogen) atoms. The maximum absolute atomic E-state index is 12.2. The van der Waals surface area contributed by atoms with E-state index in [2.05, 4.69) is 4.90 Å². The van der Waals surface area contributed by atoms with Crippen molar-refractivity contribution in [2.45, 2.75) is 31.7 Å². The summed E-state index contributed by atoms with van der Waals surface area (Å²) in [5.74, 6) is 0.193. The van der Waals surface area contributed by atoms with Crippen molar-refractivity contribution in [3.8, 4) is 0 Å². The summed E-state index contributed by atoms with van der Waals surface area (Å²) in [7, 11) is 1.90. The lowest BCUT2D eigenvalue weighted by atomic mass is 10.1. The highest BCUT2D eigenvalue weighted by Gasteiger charge is 2.26. The lowest BCUT2D eigenvalue weighted by molar-refractivity contribution is 0.0907. The molecule has 2 heterocycles. The fraction of sp³-hybridized carbons (Fsp3) is 0.643. The summed E-state index contributed by atoms with van der Waals surface area (Å²) in [5.41, 5.74) is 0.780. The third-order valence-corrected chi connectivity index (χ3v) is 3.77. The average Bonchev–Trinajstić information content (AvgIpc) is 2.95. The number of aromatic nitrogens is 1. The number of likely N-dealkylation sites (tertiary alicyclic amines) is 1. The SMILES string of the molecule is Cn1cccc1C(=O)CN1CCCC1CCCO. The van der Waals surface area contributed by atoms with E-state index in [0.717, 1.165) is 37.9 Å². The zero-order valence-corrected chi connectivity index (χ0v) is 11.0. The summed E-state index contributed by atoms with van der Waals surface area (Å²) < 4.78 is 1.88. The van der Waals surface area contributed by atoms with Gasteiger partial charge in [-0.1, -0.05) is 0 Å². The van der Waals surface area contributed by atoms with Gasteiger partial charge in [0.05, 0.1) is 12.2 Å². The lowest BCUT2D eigenvalue weighted by Gasteiger charge is -2.23. The lowest BCUT2D eigenvalue weighted by Crippen LogP contribution is -2.35. The van der Waals surface area contributed by atoms with Crippen molar-refractivity contribution < 1.29 is 9.90 Å². The quantitative estimate of drug-likeness (QED) is 0.777. The Kier molecular flexibility index (Phi) is 4.55. The van der Waals surface area contributed by atoms with Crippen LogP contribution in [0.25, 0.3) is 0 Å². The summed E-state index contributed by atoms with van der Waals surface area (Å²) in [6.45, 7) is 1.76. The summed E-state index contributed by atoms with van der Waals surface area (Å²) in [6, 6.07) is 4.25. The molecule has 0 radical (unpaired) electrons. The van der Waals surface area contributed by atoms with Gasteiger partial charge in [0, 0.05) is 25.9 Å². The molecule has 1 atom stereocenters. The Hall–Kier alpha value is -1.13. The Labute approximate surface area is 108 Å². The first-order valence-electron chi connectivity index (χ1n) is 6.72. The topological polar surface area (TPSA) is 45.5 Å². The Morgan fingerprint density at radius 3 is 3.06 bits per heavy atom. The first kappa shape index (κ1) is 13.3. The normalized spacial score (nSPS) is 20.4. The molecule has 2 rings (SSSR count). The molecule has 1 fully saturated rings. The van der Waals surface area contributed by atoms with Gasteiger partial charge in [0.2, 0.25) is 0 Å². The summed E-state index contributed by atoms with van der Waals surface area (Å²) in [6.07, 6.45) is 6.05. The van der Waals surface area contributed by atoms with Crippen molar-refractivity contribution >= 4 is 5.78 Å². The molecule has 100 valence electrons. The second-order valence-corrected chi connectivity index (χ2v) is 5.06. The highest BCUT2D eigenvalue weighted by molar-refractivity contribution is 5.96. The van der Waals surface area contributed by atoms with E-state index in [4.69, 9.17) is 5.11 Å². The summed E-state index contributed by atoms with van der Waals surface area (Å²) >= 11 is 0. The van der Waals surface area contributed by atoms with Crippen LogP contribution in [0.4, 0.5) is 0 Å². The number of carbonyl (C=O) groups is 1. The van der Waals surface area contributed by atoms with Gasteiger partial charge in [0.25, 0.3) is 0 Å². The maximum atomic E-state index is 12.2. The van der Waals surface area contributed by atoms with Crippen LogP contribution in [0.3, 0.4) is 0 Å². The fourth-order valence-electron chi connectivity index (χ4n) is 2.77. The standard InChI is InChI=1S/C14H22N2O2/c1-15-8-3-7-13(15)14(18)11-16-9-2-5-12(16)6-4-10-17/h3,7-8,12,17H,2,4-6,9-11H2,1H3. The highest BCUT2D eigenvalue weighted by Crippen LogP contribution is 2.21. The van der Waals surface area contributed by atoms with Crippen molar-refractivity contribution in [2.24, 2.45) is 7.05 Å². The van der Waals surface area contributed by atoms with Gasteiger partial charge in [-0.2, -0.15) is 0 Å². The zero-order chi connectivity index (χ0) is 13.0. The van der Waals surface area contributed by atoms with Crippen molar-refractivity contribution in [3.63, 3.8) is 0 Å². The third-order valence-electron chi connectivity index (χ3n) is 3.77. The average molecular weight is 250 g/mol. The van der Waals surface area contributed by atoms with E-state index in [1.807, 2.05) is 29.9 Å². The van der Waals surface area contributed by atoms with Gasteiger partial charge in [-0.25, -0.2) is 0 Å². The van der Waals surface area contributed by atoms with Gasteiger partial charge in [0.1, 0.15) is 0 Å². The van der Waals surface area contributed by atoms with Crippen molar-refractivity contribution in [1.29, 1.82) is 0 Å². The molecule has 1 aromatic rings. The molecular weight excluding hydrogens is 228 g/mol. The number of aryl methyl sites for hydroxylation is 1. The minimum atomic E-state index is 0.193. The number of hydrogen-bond acceptors (Lipinski definition) is 3. The van der Waals surface area contributed by atoms with E-state index in [1.54, 1.807) is 0 Å². The van der Waals surface area contributed by atoms with Crippen LogP contribution in [-0.4, -0.2) is 46.1 Å². The Balaban J connectivity index is 1.92. The molecule has 4 heteroatoms. The third kappa shape index (κ3) is 3.00. The van der Waals surface area contributed by atoms with Gasteiger partial charge in [-0.3, -0.25) is 9.69 Å². The summed E-state index contributed by atoms with van der Waals surface area (Å²) in [5, 5.41) is 8.89. The Morgan fingerprint density at radius 2 is 2.39 bits per heavy atom. The number of carbonyl (C=O) groups excluding carboxylic acids is 1.